The Morgan fingerprint density at radius 3 is 2.40 bits per heavy atom. The van der Waals surface area contributed by atoms with Gasteiger partial charge in [-0.2, -0.15) is 0 Å². The van der Waals surface area contributed by atoms with Gasteiger partial charge in [-0.05, 0) is 33.2 Å². The molecule has 1 atom stereocenters. The maximum atomic E-state index is 11.6. The second-order valence-corrected chi connectivity index (χ2v) is 4.16. The average molecular weight is 213 g/mol. The van der Waals surface area contributed by atoms with Crippen molar-refractivity contribution >= 4 is 5.78 Å². The first-order valence-electron chi connectivity index (χ1n) is 6.45. The van der Waals surface area contributed by atoms with Crippen molar-refractivity contribution in [1.82, 2.24) is 4.90 Å². The molecule has 0 saturated carbocycles. The molecule has 1 heterocycles. The van der Waals surface area contributed by atoms with Crippen LogP contribution < -0.4 is 0 Å². The van der Waals surface area contributed by atoms with E-state index in [0.717, 1.165) is 13.0 Å². The lowest BCUT2D eigenvalue weighted by molar-refractivity contribution is -0.126. The van der Waals surface area contributed by atoms with Crippen LogP contribution in [0, 0.1) is 0 Å². The zero-order valence-electron chi connectivity index (χ0n) is 11.0. The number of hydrogen-bond donors (Lipinski definition) is 0. The molecule has 1 aliphatic heterocycles. The lowest BCUT2D eigenvalue weighted by atomic mass is 9.96. The number of piperidine rings is 1. The van der Waals surface area contributed by atoms with E-state index in [1.54, 1.807) is 0 Å². The van der Waals surface area contributed by atoms with Gasteiger partial charge in [-0.25, -0.2) is 0 Å². The Morgan fingerprint density at radius 2 is 1.93 bits per heavy atom. The minimum absolute atomic E-state index is 0.221. The molecule has 0 aliphatic carbocycles. The average Bonchev–Trinajstić information content (AvgIpc) is 2.30. The summed E-state index contributed by atoms with van der Waals surface area (Å²) < 4.78 is 0. The third-order valence-electron chi connectivity index (χ3n) is 2.93. The van der Waals surface area contributed by atoms with E-state index in [2.05, 4.69) is 18.7 Å². The molecule has 0 N–H and O–H groups in total. The van der Waals surface area contributed by atoms with Crippen LogP contribution in [0.5, 0.6) is 0 Å². The fraction of sp³-hybridized carbons (Fsp3) is 0.923. The van der Waals surface area contributed by atoms with E-state index in [1.807, 2.05) is 20.8 Å². The molecule has 0 spiro atoms. The quantitative estimate of drug-likeness (QED) is 0.717. The van der Waals surface area contributed by atoms with Crippen LogP contribution in [-0.2, 0) is 4.79 Å². The van der Waals surface area contributed by atoms with Crippen molar-refractivity contribution in [2.75, 3.05) is 6.54 Å². The highest BCUT2D eigenvalue weighted by molar-refractivity contribution is 5.83. The van der Waals surface area contributed by atoms with E-state index in [1.165, 1.54) is 12.8 Å². The van der Waals surface area contributed by atoms with Crippen molar-refractivity contribution in [3.63, 3.8) is 0 Å². The Kier molecular flexibility index (Phi) is 7.67. The second kappa shape index (κ2) is 7.86. The van der Waals surface area contributed by atoms with Crippen molar-refractivity contribution in [1.29, 1.82) is 0 Å². The third kappa shape index (κ3) is 4.33. The Morgan fingerprint density at radius 1 is 1.33 bits per heavy atom. The maximum Gasteiger partial charge on any atom is 0.149 e. The summed E-state index contributed by atoms with van der Waals surface area (Å²) in [4.78, 5) is 14.0. The smallest absolute Gasteiger partial charge is 0.149 e. The zero-order valence-corrected chi connectivity index (χ0v) is 11.0. The van der Waals surface area contributed by atoms with Crippen molar-refractivity contribution < 1.29 is 4.79 Å². The molecule has 2 heteroatoms. The lowest BCUT2D eigenvalue weighted by Gasteiger charge is -2.37. The van der Waals surface area contributed by atoms with E-state index in [-0.39, 0.29) is 6.04 Å². The van der Waals surface area contributed by atoms with Gasteiger partial charge in [0.05, 0.1) is 6.04 Å². The number of ketones is 1. The van der Waals surface area contributed by atoms with E-state index in [4.69, 9.17) is 0 Å². The van der Waals surface area contributed by atoms with Crippen molar-refractivity contribution in [3.05, 3.63) is 0 Å². The molecule has 1 unspecified atom stereocenters. The molecule has 0 radical (unpaired) electrons. The predicted molar refractivity (Wildman–Crippen MR) is 66.1 cm³/mol. The molecule has 0 bridgehead atoms. The monoisotopic (exact) mass is 213 g/mol. The Labute approximate surface area is 95.0 Å². The summed E-state index contributed by atoms with van der Waals surface area (Å²) in [5.74, 6) is 0.424. The summed E-state index contributed by atoms with van der Waals surface area (Å²) in [5.41, 5.74) is 0. The largest absolute Gasteiger partial charge is 0.298 e. The van der Waals surface area contributed by atoms with E-state index in [9.17, 15) is 4.79 Å². The number of carbonyl (C=O) groups is 1. The van der Waals surface area contributed by atoms with E-state index >= 15 is 0 Å². The van der Waals surface area contributed by atoms with Gasteiger partial charge in [0.1, 0.15) is 5.78 Å². The van der Waals surface area contributed by atoms with Gasteiger partial charge in [0.15, 0.2) is 0 Å². The number of Topliss-reactive ketones (excluding diaryl/α,β-unsaturated/α-hetero) is 1. The topological polar surface area (TPSA) is 20.3 Å². The third-order valence-corrected chi connectivity index (χ3v) is 2.93. The van der Waals surface area contributed by atoms with Gasteiger partial charge >= 0.3 is 0 Å². The van der Waals surface area contributed by atoms with Crippen LogP contribution in [0.3, 0.4) is 0 Å². The van der Waals surface area contributed by atoms with Crippen LogP contribution in [0.25, 0.3) is 0 Å². The number of likely N-dealkylation sites (tertiary alicyclic amines) is 1. The lowest BCUT2D eigenvalue weighted by Crippen LogP contribution is -2.47. The van der Waals surface area contributed by atoms with Gasteiger partial charge in [0, 0.05) is 12.5 Å². The predicted octanol–water partition coefficient (Wildman–Crippen LogP) is 3.25. The molecular weight excluding hydrogens is 186 g/mol. The summed E-state index contributed by atoms with van der Waals surface area (Å²) in [5, 5.41) is 0. The summed E-state index contributed by atoms with van der Waals surface area (Å²) in [7, 11) is 0. The van der Waals surface area contributed by atoms with Gasteiger partial charge in [-0.3, -0.25) is 9.69 Å². The van der Waals surface area contributed by atoms with E-state index < -0.39 is 0 Å². The highest BCUT2D eigenvalue weighted by Gasteiger charge is 2.28. The van der Waals surface area contributed by atoms with Crippen LogP contribution in [0.2, 0.25) is 0 Å². The zero-order chi connectivity index (χ0) is 11.8. The SMILES string of the molecule is CC.CCC(=O)C1CCCCN1C(C)C. The molecule has 0 amide bonds. The van der Waals surface area contributed by atoms with E-state index in [0.29, 0.717) is 18.2 Å². The molecule has 1 aliphatic rings. The number of rotatable bonds is 3. The van der Waals surface area contributed by atoms with Crippen LogP contribution in [0.4, 0.5) is 0 Å². The van der Waals surface area contributed by atoms with Crippen LogP contribution in [0.1, 0.15) is 60.3 Å². The minimum atomic E-state index is 0.221. The molecule has 1 saturated heterocycles. The summed E-state index contributed by atoms with van der Waals surface area (Å²) in [6.07, 6.45) is 4.24. The van der Waals surface area contributed by atoms with Crippen LogP contribution >= 0.6 is 0 Å². The Hall–Kier alpha value is -0.370. The molecule has 0 aromatic heterocycles. The normalized spacial score (nSPS) is 22.1. The Balaban J connectivity index is 0.000000921. The Bertz CT molecular complexity index is 177. The summed E-state index contributed by atoms with van der Waals surface area (Å²) >= 11 is 0. The summed E-state index contributed by atoms with van der Waals surface area (Å²) in [6, 6.07) is 0.736. The number of hydrogen-bond acceptors (Lipinski definition) is 2. The molecule has 1 fully saturated rings. The molecular formula is C13H27NO. The van der Waals surface area contributed by atoms with Crippen LogP contribution in [-0.4, -0.2) is 29.3 Å². The highest BCUT2D eigenvalue weighted by atomic mass is 16.1. The first-order chi connectivity index (χ1) is 7.16. The van der Waals surface area contributed by atoms with Crippen molar-refractivity contribution in [3.8, 4) is 0 Å². The van der Waals surface area contributed by atoms with Gasteiger partial charge in [-0.1, -0.05) is 27.2 Å². The maximum absolute atomic E-state index is 11.6. The fourth-order valence-corrected chi connectivity index (χ4v) is 2.15. The van der Waals surface area contributed by atoms with Gasteiger partial charge in [0.25, 0.3) is 0 Å². The van der Waals surface area contributed by atoms with Gasteiger partial charge < -0.3 is 0 Å². The molecule has 0 aromatic carbocycles. The number of carbonyl (C=O) groups excluding carboxylic acids is 1. The first kappa shape index (κ1) is 14.6. The van der Waals surface area contributed by atoms with Crippen LogP contribution in [0.15, 0.2) is 0 Å². The highest BCUT2D eigenvalue weighted by Crippen LogP contribution is 2.20. The minimum Gasteiger partial charge on any atom is -0.298 e. The van der Waals surface area contributed by atoms with Crippen molar-refractivity contribution in [2.45, 2.75) is 72.4 Å². The second-order valence-electron chi connectivity index (χ2n) is 4.16. The van der Waals surface area contributed by atoms with Crippen molar-refractivity contribution in [2.24, 2.45) is 0 Å². The first-order valence-corrected chi connectivity index (χ1v) is 6.45. The van der Waals surface area contributed by atoms with Gasteiger partial charge in [0.2, 0.25) is 0 Å². The molecule has 0 aromatic rings. The molecule has 2 nitrogen and oxygen atoms in total. The molecule has 15 heavy (non-hydrogen) atoms. The summed E-state index contributed by atoms with van der Waals surface area (Å²) in [6.45, 7) is 11.4. The standard InChI is InChI=1S/C11H21NO.C2H6/c1-4-11(13)10-7-5-6-8-12(10)9(2)3;1-2/h9-10H,4-8H2,1-3H3;1-2H3. The van der Waals surface area contributed by atoms with Gasteiger partial charge in [-0.15, -0.1) is 0 Å². The molecule has 1 rings (SSSR count). The fourth-order valence-electron chi connectivity index (χ4n) is 2.15. The number of nitrogens with zero attached hydrogens (tertiary/aromatic N) is 1. The molecule has 90 valence electrons.